The first-order valence-electron chi connectivity index (χ1n) is 7.33. The summed E-state index contributed by atoms with van der Waals surface area (Å²) in [4.78, 5) is 0. The maximum absolute atomic E-state index is 4.73. The van der Waals surface area contributed by atoms with Gasteiger partial charge in [-0.3, -0.25) is 0 Å². The quantitative estimate of drug-likeness (QED) is 0.758. The van der Waals surface area contributed by atoms with Crippen LogP contribution in [0.3, 0.4) is 0 Å². The molecule has 0 aliphatic rings. The van der Waals surface area contributed by atoms with Crippen LogP contribution in [0.2, 0.25) is 0 Å². The Morgan fingerprint density at radius 2 is 1.94 bits per heavy atom. The van der Waals surface area contributed by atoms with Crippen LogP contribution in [0.5, 0.6) is 0 Å². The molecule has 3 heteroatoms. The summed E-state index contributed by atoms with van der Waals surface area (Å²) in [5, 5.41) is 8.21. The number of hydrogen-bond acceptors (Lipinski definition) is 2. The number of aromatic nitrogens is 2. The molecule has 0 bridgehead atoms. The van der Waals surface area contributed by atoms with E-state index in [0.29, 0.717) is 5.92 Å². The highest BCUT2D eigenvalue weighted by Gasteiger charge is 2.09. The third-order valence-corrected chi connectivity index (χ3v) is 2.92. The third-order valence-electron chi connectivity index (χ3n) is 2.92. The Hall–Kier alpha value is -0.990. The van der Waals surface area contributed by atoms with Crippen molar-refractivity contribution in [3.05, 3.63) is 11.8 Å². The van der Waals surface area contributed by atoms with Crippen molar-refractivity contribution in [3.63, 3.8) is 0 Å². The van der Waals surface area contributed by atoms with Crippen molar-refractivity contribution in [2.75, 3.05) is 11.9 Å². The van der Waals surface area contributed by atoms with Gasteiger partial charge < -0.3 is 5.32 Å². The summed E-state index contributed by atoms with van der Waals surface area (Å²) in [5.74, 6) is 2.58. The molecule has 1 N–H and O–H groups in total. The molecule has 1 aromatic heterocycles. The van der Waals surface area contributed by atoms with Gasteiger partial charge in [-0.05, 0) is 31.1 Å². The molecule has 0 aliphatic heterocycles. The third kappa shape index (κ3) is 5.11. The van der Waals surface area contributed by atoms with E-state index in [1.165, 1.54) is 17.9 Å². The van der Waals surface area contributed by atoms with Crippen molar-refractivity contribution in [3.8, 4) is 0 Å². The number of anilines is 1. The zero-order valence-electron chi connectivity index (χ0n) is 12.7. The first kappa shape index (κ1) is 15.1. The average molecular weight is 251 g/mol. The summed E-state index contributed by atoms with van der Waals surface area (Å²) in [6.07, 6.45) is 3.40. The van der Waals surface area contributed by atoms with Crippen LogP contribution in [0.4, 0.5) is 5.82 Å². The summed E-state index contributed by atoms with van der Waals surface area (Å²) >= 11 is 0. The summed E-state index contributed by atoms with van der Waals surface area (Å²) < 4.78 is 2.15. The summed E-state index contributed by atoms with van der Waals surface area (Å²) in [6, 6.07) is 2.22. The highest BCUT2D eigenvalue weighted by atomic mass is 15.3. The van der Waals surface area contributed by atoms with Crippen molar-refractivity contribution in [1.29, 1.82) is 0 Å². The van der Waals surface area contributed by atoms with Crippen molar-refractivity contribution >= 4 is 5.82 Å². The van der Waals surface area contributed by atoms with Gasteiger partial charge in [0, 0.05) is 19.2 Å². The topological polar surface area (TPSA) is 29.9 Å². The highest BCUT2D eigenvalue weighted by Crippen LogP contribution is 2.16. The van der Waals surface area contributed by atoms with Crippen LogP contribution in [-0.2, 0) is 13.0 Å². The fraction of sp³-hybridized carbons (Fsp3) is 0.800. The lowest BCUT2D eigenvalue weighted by molar-refractivity contribution is 0.484. The molecule has 3 nitrogen and oxygen atoms in total. The molecule has 1 aromatic rings. The van der Waals surface area contributed by atoms with Crippen LogP contribution in [-0.4, -0.2) is 16.3 Å². The molecule has 0 saturated heterocycles. The van der Waals surface area contributed by atoms with Crippen LogP contribution in [0.1, 0.15) is 53.2 Å². The van der Waals surface area contributed by atoms with Gasteiger partial charge in [0.1, 0.15) is 5.82 Å². The number of rotatable bonds is 8. The lowest BCUT2D eigenvalue weighted by atomic mass is 10.1. The maximum atomic E-state index is 4.73. The van der Waals surface area contributed by atoms with Crippen LogP contribution in [0.15, 0.2) is 6.07 Å². The molecule has 0 saturated carbocycles. The Balaban J connectivity index is 2.72. The van der Waals surface area contributed by atoms with Gasteiger partial charge in [-0.2, -0.15) is 5.10 Å². The van der Waals surface area contributed by atoms with E-state index >= 15 is 0 Å². The lowest BCUT2D eigenvalue weighted by Gasteiger charge is -2.10. The van der Waals surface area contributed by atoms with Gasteiger partial charge in [-0.1, -0.05) is 34.6 Å². The van der Waals surface area contributed by atoms with Crippen LogP contribution in [0.25, 0.3) is 0 Å². The van der Waals surface area contributed by atoms with Gasteiger partial charge in [0.05, 0.1) is 5.69 Å². The van der Waals surface area contributed by atoms with E-state index < -0.39 is 0 Å². The Kier molecular flexibility index (Phi) is 6.23. The molecule has 18 heavy (non-hydrogen) atoms. The maximum Gasteiger partial charge on any atom is 0.124 e. The Morgan fingerprint density at radius 1 is 1.22 bits per heavy atom. The van der Waals surface area contributed by atoms with Gasteiger partial charge in [0.15, 0.2) is 0 Å². The standard InChI is InChI=1S/C15H29N3/c1-6-8-16-15-11-14(10-13(4)5)17-18(15)9-7-12(2)3/h11-13,16H,6-10H2,1-5H3. The van der Waals surface area contributed by atoms with E-state index in [1.807, 2.05) is 0 Å². The first-order chi connectivity index (χ1) is 8.52. The Bertz CT molecular complexity index is 340. The van der Waals surface area contributed by atoms with E-state index in [9.17, 15) is 0 Å². The smallest absolute Gasteiger partial charge is 0.124 e. The van der Waals surface area contributed by atoms with Crippen LogP contribution in [0, 0.1) is 11.8 Å². The zero-order chi connectivity index (χ0) is 13.5. The van der Waals surface area contributed by atoms with E-state index in [0.717, 1.165) is 31.8 Å². The van der Waals surface area contributed by atoms with Gasteiger partial charge in [-0.25, -0.2) is 4.68 Å². The normalized spacial score (nSPS) is 11.5. The number of nitrogens with zero attached hydrogens (tertiary/aromatic N) is 2. The Labute approximate surface area is 112 Å². The number of nitrogens with one attached hydrogen (secondary N) is 1. The molecule has 1 heterocycles. The summed E-state index contributed by atoms with van der Waals surface area (Å²) in [6.45, 7) is 13.2. The molecule has 104 valence electrons. The number of hydrogen-bond donors (Lipinski definition) is 1. The SMILES string of the molecule is CCCNc1cc(CC(C)C)nn1CCC(C)C. The van der Waals surface area contributed by atoms with E-state index in [1.54, 1.807) is 0 Å². The Morgan fingerprint density at radius 3 is 2.50 bits per heavy atom. The van der Waals surface area contributed by atoms with Crippen molar-refractivity contribution in [2.24, 2.45) is 11.8 Å². The van der Waals surface area contributed by atoms with Gasteiger partial charge in [0.2, 0.25) is 0 Å². The minimum atomic E-state index is 0.664. The molecule has 0 aliphatic carbocycles. The second-order valence-electron chi connectivity index (χ2n) is 5.95. The molecule has 0 aromatic carbocycles. The summed E-state index contributed by atoms with van der Waals surface area (Å²) in [5.41, 5.74) is 1.22. The van der Waals surface area contributed by atoms with Crippen LogP contribution >= 0.6 is 0 Å². The van der Waals surface area contributed by atoms with Crippen LogP contribution < -0.4 is 5.32 Å². The molecule has 0 spiro atoms. The zero-order valence-corrected chi connectivity index (χ0v) is 12.7. The second-order valence-corrected chi connectivity index (χ2v) is 5.95. The molecular weight excluding hydrogens is 222 g/mol. The van der Waals surface area contributed by atoms with E-state index in [4.69, 9.17) is 5.10 Å². The fourth-order valence-electron chi connectivity index (χ4n) is 1.93. The molecule has 0 amide bonds. The molecule has 0 fully saturated rings. The van der Waals surface area contributed by atoms with Crippen molar-refractivity contribution in [2.45, 2.75) is 60.4 Å². The van der Waals surface area contributed by atoms with Gasteiger partial charge >= 0.3 is 0 Å². The predicted octanol–water partition coefficient (Wildman–Crippen LogP) is 3.95. The molecule has 0 atom stereocenters. The molecule has 1 rings (SSSR count). The number of aryl methyl sites for hydroxylation is 1. The van der Waals surface area contributed by atoms with Gasteiger partial charge in [-0.15, -0.1) is 0 Å². The van der Waals surface area contributed by atoms with E-state index in [2.05, 4.69) is 50.7 Å². The minimum absolute atomic E-state index is 0.664. The second kappa shape index (κ2) is 7.45. The van der Waals surface area contributed by atoms with Crippen molar-refractivity contribution in [1.82, 2.24) is 9.78 Å². The van der Waals surface area contributed by atoms with Crippen molar-refractivity contribution < 1.29 is 0 Å². The molecule has 0 radical (unpaired) electrons. The monoisotopic (exact) mass is 251 g/mol. The fourth-order valence-corrected chi connectivity index (χ4v) is 1.93. The first-order valence-corrected chi connectivity index (χ1v) is 7.33. The largest absolute Gasteiger partial charge is 0.370 e. The minimum Gasteiger partial charge on any atom is -0.370 e. The molecular formula is C15H29N3. The van der Waals surface area contributed by atoms with E-state index in [-0.39, 0.29) is 0 Å². The van der Waals surface area contributed by atoms with Gasteiger partial charge in [0.25, 0.3) is 0 Å². The predicted molar refractivity (Wildman–Crippen MR) is 79.0 cm³/mol. The molecule has 0 unspecified atom stereocenters. The lowest BCUT2D eigenvalue weighted by Crippen LogP contribution is -2.10. The average Bonchev–Trinajstić information content (AvgIpc) is 2.65. The summed E-state index contributed by atoms with van der Waals surface area (Å²) in [7, 11) is 0. The highest BCUT2D eigenvalue weighted by molar-refractivity contribution is 5.37.